The van der Waals surface area contributed by atoms with Gasteiger partial charge in [0.1, 0.15) is 22.1 Å². The third-order valence-electron chi connectivity index (χ3n) is 4.16. The monoisotopic (exact) mass is 406 g/mol. The number of hydrogen-bond acceptors (Lipinski definition) is 8. The molecule has 2 N–H and O–H groups in total. The van der Waals surface area contributed by atoms with Crippen molar-refractivity contribution in [3.8, 4) is 11.5 Å². The molecule has 1 aromatic rings. The van der Waals surface area contributed by atoms with E-state index in [0.29, 0.717) is 0 Å². The molecule has 0 bridgehead atoms. The van der Waals surface area contributed by atoms with Gasteiger partial charge in [0.2, 0.25) is 0 Å². The van der Waals surface area contributed by atoms with E-state index in [0.717, 1.165) is 12.1 Å². The first-order valence-corrected chi connectivity index (χ1v) is 11.3. The molecular weight excluding hydrogens is 382 g/mol. The Labute approximate surface area is 152 Å². The van der Waals surface area contributed by atoms with Gasteiger partial charge in [-0.2, -0.15) is 0 Å². The van der Waals surface area contributed by atoms with E-state index in [2.05, 4.69) is 0 Å². The molecule has 10 heteroatoms. The molecule has 2 fully saturated rings. The van der Waals surface area contributed by atoms with Crippen molar-refractivity contribution in [3.63, 3.8) is 0 Å². The number of phenols is 2. The van der Waals surface area contributed by atoms with E-state index in [1.54, 1.807) is 0 Å². The first-order valence-electron chi connectivity index (χ1n) is 8.22. The van der Waals surface area contributed by atoms with Gasteiger partial charge in [-0.15, -0.1) is 0 Å². The summed E-state index contributed by atoms with van der Waals surface area (Å²) < 4.78 is 48.4. The zero-order chi connectivity index (χ0) is 19.4. The average molecular weight is 406 g/mol. The fourth-order valence-corrected chi connectivity index (χ4v) is 7.49. The van der Waals surface area contributed by atoms with Gasteiger partial charge in [-0.05, 0) is 12.1 Å². The largest absolute Gasteiger partial charge is 0.507 e. The van der Waals surface area contributed by atoms with Crippen molar-refractivity contribution in [1.82, 2.24) is 0 Å². The van der Waals surface area contributed by atoms with Crippen LogP contribution < -0.4 is 10.6 Å². The van der Waals surface area contributed by atoms with Crippen LogP contribution in [0.1, 0.15) is 27.7 Å². The van der Waals surface area contributed by atoms with Gasteiger partial charge in [0.25, 0.3) is 0 Å². The third kappa shape index (κ3) is 3.59. The van der Waals surface area contributed by atoms with E-state index < -0.39 is 26.7 Å². The topological polar surface area (TPSA) is 112 Å². The van der Waals surface area contributed by atoms with E-state index in [1.165, 1.54) is 0 Å². The van der Waals surface area contributed by atoms with Crippen LogP contribution in [-0.2, 0) is 27.2 Å². The summed E-state index contributed by atoms with van der Waals surface area (Å²) in [6.45, 7) is 7.93. The Morgan fingerprint density at radius 1 is 0.731 bits per heavy atom. The molecule has 1 aromatic carbocycles. The Bertz CT molecular complexity index is 722. The quantitative estimate of drug-likeness (QED) is 0.570. The minimum absolute atomic E-state index is 0.109. The molecule has 146 valence electrons. The lowest BCUT2D eigenvalue weighted by molar-refractivity contribution is 0.0443. The minimum Gasteiger partial charge on any atom is -0.507 e. The Balaban J connectivity index is 2.09. The second kappa shape index (κ2) is 6.33. The van der Waals surface area contributed by atoms with Crippen molar-refractivity contribution in [1.29, 1.82) is 0 Å². The number of hydrogen-bond donors (Lipinski definition) is 2. The predicted octanol–water partition coefficient (Wildman–Crippen LogP) is 2.88. The van der Waals surface area contributed by atoms with Crippen LogP contribution in [0.25, 0.3) is 0 Å². The zero-order valence-corrected chi connectivity index (χ0v) is 17.0. The van der Waals surface area contributed by atoms with Gasteiger partial charge in [0, 0.05) is 10.8 Å². The lowest BCUT2D eigenvalue weighted by Crippen LogP contribution is -2.39. The Kier molecular flexibility index (Phi) is 4.84. The fraction of sp³-hybridized carbons (Fsp3) is 0.625. The van der Waals surface area contributed by atoms with Crippen LogP contribution in [0, 0.1) is 10.8 Å². The lowest BCUT2D eigenvalue weighted by atomic mass is 9.97. The molecule has 0 aromatic heterocycles. The van der Waals surface area contributed by atoms with Crippen LogP contribution in [0.5, 0.6) is 11.5 Å². The van der Waals surface area contributed by atoms with E-state index in [1.807, 2.05) is 27.7 Å². The summed E-state index contributed by atoms with van der Waals surface area (Å²) in [5.74, 6) is -0.929. The maximum absolute atomic E-state index is 13.3. The van der Waals surface area contributed by atoms with Crippen molar-refractivity contribution in [2.24, 2.45) is 10.8 Å². The Morgan fingerprint density at radius 3 is 1.27 bits per heavy atom. The molecule has 2 saturated heterocycles. The van der Waals surface area contributed by atoms with Crippen LogP contribution in [0.2, 0.25) is 0 Å². The normalized spacial score (nSPS) is 26.3. The summed E-state index contributed by atoms with van der Waals surface area (Å²) in [5, 5.41) is 19.9. The summed E-state index contributed by atoms with van der Waals surface area (Å²) in [6, 6.07) is 2.28. The molecule has 2 aliphatic rings. The SMILES string of the molecule is CC1(C)COP(=O)(c2c(O)ccc(O)c2P2(=O)OCC(C)(C)CO2)OC1. The number of aromatic hydroxyl groups is 2. The van der Waals surface area contributed by atoms with E-state index in [-0.39, 0.29) is 47.9 Å². The molecular formula is C16H24O8P2. The molecule has 3 rings (SSSR count). The highest BCUT2D eigenvalue weighted by Gasteiger charge is 2.49. The maximum Gasteiger partial charge on any atom is 0.366 e. The van der Waals surface area contributed by atoms with Gasteiger partial charge in [-0.25, -0.2) is 0 Å². The maximum atomic E-state index is 13.3. The molecule has 2 heterocycles. The smallest absolute Gasteiger partial charge is 0.366 e. The minimum atomic E-state index is -4.03. The molecule has 0 radical (unpaired) electrons. The van der Waals surface area contributed by atoms with Crippen molar-refractivity contribution in [2.75, 3.05) is 26.4 Å². The van der Waals surface area contributed by atoms with Gasteiger partial charge < -0.3 is 28.3 Å². The van der Waals surface area contributed by atoms with E-state index >= 15 is 0 Å². The second-order valence-electron chi connectivity index (χ2n) is 8.22. The van der Waals surface area contributed by atoms with Crippen LogP contribution in [0.4, 0.5) is 0 Å². The molecule has 8 nitrogen and oxygen atoms in total. The van der Waals surface area contributed by atoms with Gasteiger partial charge >= 0.3 is 15.2 Å². The number of benzene rings is 1. The predicted molar refractivity (Wildman–Crippen MR) is 95.6 cm³/mol. The van der Waals surface area contributed by atoms with Crippen LogP contribution in [0.15, 0.2) is 12.1 Å². The number of rotatable bonds is 2. The van der Waals surface area contributed by atoms with Gasteiger partial charge in [-0.1, -0.05) is 27.7 Å². The first kappa shape index (κ1) is 19.9. The highest BCUT2D eigenvalue weighted by atomic mass is 31.2. The molecule has 0 atom stereocenters. The Morgan fingerprint density at radius 2 is 1.00 bits per heavy atom. The van der Waals surface area contributed by atoms with Crippen molar-refractivity contribution >= 4 is 25.8 Å². The van der Waals surface area contributed by atoms with Crippen molar-refractivity contribution in [2.45, 2.75) is 27.7 Å². The van der Waals surface area contributed by atoms with Gasteiger partial charge in [0.15, 0.2) is 0 Å². The zero-order valence-electron chi connectivity index (χ0n) is 15.2. The van der Waals surface area contributed by atoms with Crippen molar-refractivity contribution < 1.29 is 37.4 Å². The Hall–Kier alpha value is -0.880. The first-order chi connectivity index (χ1) is 11.9. The van der Waals surface area contributed by atoms with Crippen LogP contribution in [-0.4, -0.2) is 36.6 Å². The molecule has 26 heavy (non-hydrogen) atoms. The van der Waals surface area contributed by atoms with E-state index in [4.69, 9.17) is 18.1 Å². The average Bonchev–Trinajstić information content (AvgIpc) is 2.56. The molecule has 0 unspecified atom stereocenters. The highest BCUT2D eigenvalue weighted by Crippen LogP contribution is 2.60. The fourth-order valence-electron chi connectivity index (χ4n) is 2.55. The van der Waals surface area contributed by atoms with Gasteiger partial charge in [0.05, 0.1) is 26.4 Å². The van der Waals surface area contributed by atoms with Crippen molar-refractivity contribution in [3.05, 3.63) is 12.1 Å². The van der Waals surface area contributed by atoms with Crippen LogP contribution in [0.3, 0.4) is 0 Å². The summed E-state index contributed by atoms with van der Waals surface area (Å²) in [4.78, 5) is 0. The lowest BCUT2D eigenvalue weighted by Gasteiger charge is -2.37. The summed E-state index contributed by atoms with van der Waals surface area (Å²) in [7, 11) is -8.06. The molecule has 2 aliphatic heterocycles. The number of phenolic OH excluding ortho intramolecular Hbond substituents is 2. The highest BCUT2D eigenvalue weighted by molar-refractivity contribution is 7.69. The summed E-state index contributed by atoms with van der Waals surface area (Å²) in [5.41, 5.74) is -0.737. The molecule has 0 saturated carbocycles. The van der Waals surface area contributed by atoms with Crippen LogP contribution >= 0.6 is 15.2 Å². The summed E-state index contributed by atoms with van der Waals surface area (Å²) >= 11 is 0. The molecule has 0 aliphatic carbocycles. The third-order valence-corrected chi connectivity index (χ3v) is 8.21. The second-order valence-corrected chi connectivity index (χ2v) is 12.1. The van der Waals surface area contributed by atoms with E-state index in [9.17, 15) is 19.3 Å². The molecule has 0 spiro atoms. The molecule has 0 amide bonds. The van der Waals surface area contributed by atoms with Gasteiger partial charge in [-0.3, -0.25) is 9.13 Å². The summed E-state index contributed by atoms with van der Waals surface area (Å²) in [6.07, 6.45) is 0. The standard InChI is InChI=1S/C16H24O8P2/c1-15(2)7-21-25(19,22-8-15)13-11(17)5-6-12(18)14(13)26(20)23-9-16(3,4)10-24-26/h5-6,17-18H,7-10H2,1-4H3.